The molecule has 1 atom stereocenters. The van der Waals surface area contributed by atoms with Gasteiger partial charge in [-0.25, -0.2) is 0 Å². The van der Waals surface area contributed by atoms with Crippen LogP contribution >= 0.6 is 0 Å². The lowest BCUT2D eigenvalue weighted by molar-refractivity contribution is -0.155. The third kappa shape index (κ3) is 2.61. The number of amides is 2. The van der Waals surface area contributed by atoms with E-state index in [4.69, 9.17) is 4.74 Å². The van der Waals surface area contributed by atoms with Gasteiger partial charge in [-0.15, -0.1) is 0 Å². The van der Waals surface area contributed by atoms with Crippen LogP contribution in [0.4, 0.5) is 0 Å². The predicted octanol–water partition coefficient (Wildman–Crippen LogP) is 0.684. The third-order valence-corrected chi connectivity index (χ3v) is 4.67. The normalized spacial score (nSPS) is 30.4. The SMILES string of the molecule is O=C1C[C@H](C(=O)N2CCOC3(CCCC3)C2)CCN1. The molecule has 2 amide bonds. The Balaban J connectivity index is 1.64. The van der Waals surface area contributed by atoms with Gasteiger partial charge in [0, 0.05) is 32.0 Å². The van der Waals surface area contributed by atoms with E-state index in [1.54, 1.807) is 0 Å². The van der Waals surface area contributed by atoms with Crippen LogP contribution in [0.15, 0.2) is 0 Å². The van der Waals surface area contributed by atoms with E-state index in [2.05, 4.69) is 5.32 Å². The first kappa shape index (κ1) is 12.9. The average molecular weight is 266 g/mol. The molecule has 1 N–H and O–H groups in total. The highest BCUT2D eigenvalue weighted by Crippen LogP contribution is 2.36. The zero-order valence-corrected chi connectivity index (χ0v) is 11.3. The number of hydrogen-bond donors (Lipinski definition) is 1. The van der Waals surface area contributed by atoms with Crippen molar-refractivity contribution in [2.45, 2.75) is 44.1 Å². The Morgan fingerprint density at radius 3 is 2.89 bits per heavy atom. The van der Waals surface area contributed by atoms with Gasteiger partial charge in [0.05, 0.1) is 12.2 Å². The Morgan fingerprint density at radius 2 is 2.16 bits per heavy atom. The molecule has 3 fully saturated rings. The molecule has 1 spiro atoms. The molecule has 1 aliphatic carbocycles. The lowest BCUT2D eigenvalue weighted by atomic mass is 9.93. The zero-order valence-electron chi connectivity index (χ0n) is 11.3. The summed E-state index contributed by atoms with van der Waals surface area (Å²) in [5.41, 5.74) is -0.0785. The van der Waals surface area contributed by atoms with Gasteiger partial charge in [0.15, 0.2) is 0 Å². The van der Waals surface area contributed by atoms with Gasteiger partial charge in [0.25, 0.3) is 0 Å². The topological polar surface area (TPSA) is 58.6 Å². The molecule has 2 saturated heterocycles. The molecule has 1 saturated carbocycles. The summed E-state index contributed by atoms with van der Waals surface area (Å²) in [4.78, 5) is 25.9. The van der Waals surface area contributed by atoms with Crippen LogP contribution in [0.5, 0.6) is 0 Å². The Morgan fingerprint density at radius 1 is 1.37 bits per heavy atom. The van der Waals surface area contributed by atoms with Crippen LogP contribution in [0.2, 0.25) is 0 Å². The molecule has 0 radical (unpaired) electrons. The molecule has 19 heavy (non-hydrogen) atoms. The fraction of sp³-hybridized carbons (Fsp3) is 0.857. The summed E-state index contributed by atoms with van der Waals surface area (Å²) in [6, 6.07) is 0. The molecule has 5 nitrogen and oxygen atoms in total. The van der Waals surface area contributed by atoms with Crippen LogP contribution in [-0.2, 0) is 14.3 Å². The largest absolute Gasteiger partial charge is 0.371 e. The van der Waals surface area contributed by atoms with Crippen LogP contribution in [0, 0.1) is 5.92 Å². The first-order valence-corrected chi connectivity index (χ1v) is 7.38. The minimum absolute atomic E-state index is 0.00781. The van der Waals surface area contributed by atoms with Gasteiger partial charge in [-0.1, -0.05) is 12.8 Å². The molecule has 0 aromatic carbocycles. The molecule has 2 heterocycles. The first-order valence-electron chi connectivity index (χ1n) is 7.38. The van der Waals surface area contributed by atoms with E-state index in [-0.39, 0.29) is 23.3 Å². The fourth-order valence-corrected chi connectivity index (χ4v) is 3.61. The van der Waals surface area contributed by atoms with Crippen molar-refractivity contribution in [3.63, 3.8) is 0 Å². The molecule has 0 bridgehead atoms. The summed E-state index contributed by atoms with van der Waals surface area (Å²) in [5.74, 6) is 0.0446. The van der Waals surface area contributed by atoms with E-state index in [0.717, 1.165) is 25.8 Å². The summed E-state index contributed by atoms with van der Waals surface area (Å²) in [6.07, 6.45) is 5.67. The molecule has 5 heteroatoms. The minimum Gasteiger partial charge on any atom is -0.371 e. The van der Waals surface area contributed by atoms with Gasteiger partial charge < -0.3 is 15.0 Å². The number of hydrogen-bond acceptors (Lipinski definition) is 3. The molecule has 2 aliphatic heterocycles. The quantitative estimate of drug-likeness (QED) is 0.759. The fourth-order valence-electron chi connectivity index (χ4n) is 3.61. The van der Waals surface area contributed by atoms with E-state index in [0.29, 0.717) is 26.1 Å². The van der Waals surface area contributed by atoms with Crippen LogP contribution in [0.25, 0.3) is 0 Å². The number of carbonyl (C=O) groups excluding carboxylic acids is 2. The molecule has 3 aliphatic rings. The van der Waals surface area contributed by atoms with Crippen LogP contribution in [-0.4, -0.2) is 48.6 Å². The average Bonchev–Trinajstić information content (AvgIpc) is 2.86. The zero-order chi connectivity index (χ0) is 13.3. The Bertz CT molecular complexity index is 377. The first-order chi connectivity index (χ1) is 9.19. The third-order valence-electron chi connectivity index (χ3n) is 4.67. The molecule has 106 valence electrons. The van der Waals surface area contributed by atoms with Crippen molar-refractivity contribution < 1.29 is 14.3 Å². The second-order valence-electron chi connectivity index (χ2n) is 6.04. The van der Waals surface area contributed by atoms with E-state index in [1.165, 1.54) is 12.8 Å². The van der Waals surface area contributed by atoms with Crippen LogP contribution < -0.4 is 5.32 Å². The minimum atomic E-state index is -0.120. The maximum Gasteiger partial charge on any atom is 0.226 e. The van der Waals surface area contributed by atoms with Gasteiger partial charge in [-0.2, -0.15) is 0 Å². The molecule has 0 unspecified atom stereocenters. The molecule has 0 aromatic heterocycles. The van der Waals surface area contributed by atoms with Crippen molar-refractivity contribution in [1.29, 1.82) is 0 Å². The van der Waals surface area contributed by atoms with E-state index in [9.17, 15) is 9.59 Å². The van der Waals surface area contributed by atoms with Crippen molar-refractivity contribution in [2.24, 2.45) is 5.92 Å². The molecule has 3 rings (SSSR count). The van der Waals surface area contributed by atoms with Gasteiger partial charge in [-0.05, 0) is 19.3 Å². The number of nitrogens with one attached hydrogen (secondary N) is 1. The van der Waals surface area contributed by atoms with Crippen LogP contribution in [0.1, 0.15) is 38.5 Å². The Labute approximate surface area is 113 Å². The van der Waals surface area contributed by atoms with Crippen molar-refractivity contribution in [3.05, 3.63) is 0 Å². The summed E-state index contributed by atoms with van der Waals surface area (Å²) in [7, 11) is 0. The lowest BCUT2D eigenvalue weighted by Crippen LogP contribution is -2.54. The van der Waals surface area contributed by atoms with Gasteiger partial charge in [-0.3, -0.25) is 9.59 Å². The maximum absolute atomic E-state index is 12.5. The monoisotopic (exact) mass is 266 g/mol. The summed E-state index contributed by atoms with van der Waals surface area (Å²) >= 11 is 0. The maximum atomic E-state index is 12.5. The number of carbonyl (C=O) groups is 2. The number of morpholine rings is 1. The molecule has 0 aromatic rings. The van der Waals surface area contributed by atoms with Crippen molar-refractivity contribution in [1.82, 2.24) is 10.2 Å². The van der Waals surface area contributed by atoms with Crippen LogP contribution in [0.3, 0.4) is 0 Å². The van der Waals surface area contributed by atoms with E-state index < -0.39 is 0 Å². The Kier molecular flexibility index (Phi) is 3.48. The number of rotatable bonds is 1. The standard InChI is InChI=1S/C14H22N2O3/c17-12-9-11(3-6-15-12)13(18)16-7-8-19-14(10-16)4-1-2-5-14/h11H,1-10H2,(H,15,17)/t11-/m1/s1. The summed E-state index contributed by atoms with van der Waals surface area (Å²) in [6.45, 7) is 2.68. The second-order valence-corrected chi connectivity index (χ2v) is 6.04. The number of nitrogens with zero attached hydrogens (tertiary/aromatic N) is 1. The smallest absolute Gasteiger partial charge is 0.226 e. The van der Waals surface area contributed by atoms with Crippen molar-refractivity contribution in [3.8, 4) is 0 Å². The predicted molar refractivity (Wildman–Crippen MR) is 69.5 cm³/mol. The summed E-state index contributed by atoms with van der Waals surface area (Å²) < 4.78 is 5.94. The highest BCUT2D eigenvalue weighted by Gasteiger charge is 2.42. The van der Waals surface area contributed by atoms with Gasteiger partial charge >= 0.3 is 0 Å². The van der Waals surface area contributed by atoms with Gasteiger partial charge in [0.2, 0.25) is 11.8 Å². The van der Waals surface area contributed by atoms with Crippen molar-refractivity contribution in [2.75, 3.05) is 26.2 Å². The Hall–Kier alpha value is -1.10. The number of ether oxygens (including phenoxy) is 1. The van der Waals surface area contributed by atoms with E-state index >= 15 is 0 Å². The molecular formula is C14H22N2O3. The highest BCUT2D eigenvalue weighted by molar-refractivity contribution is 5.87. The van der Waals surface area contributed by atoms with Crippen molar-refractivity contribution >= 4 is 11.8 Å². The second kappa shape index (κ2) is 5.12. The number of piperidine rings is 1. The lowest BCUT2D eigenvalue weighted by Gasteiger charge is -2.42. The summed E-state index contributed by atoms with van der Waals surface area (Å²) in [5, 5.41) is 2.78. The highest BCUT2D eigenvalue weighted by atomic mass is 16.5. The van der Waals surface area contributed by atoms with E-state index in [1.807, 2.05) is 4.90 Å². The van der Waals surface area contributed by atoms with Gasteiger partial charge in [0.1, 0.15) is 0 Å². The molecular weight excluding hydrogens is 244 g/mol.